The van der Waals surface area contributed by atoms with Gasteiger partial charge in [-0.15, -0.1) is 0 Å². The van der Waals surface area contributed by atoms with Crippen molar-refractivity contribution in [1.29, 1.82) is 0 Å². The minimum Gasteiger partial charge on any atom is -0.491 e. The summed E-state index contributed by atoms with van der Waals surface area (Å²) in [4.78, 5) is 4.40. The van der Waals surface area contributed by atoms with Gasteiger partial charge in [0.15, 0.2) is 0 Å². The lowest BCUT2D eigenvalue weighted by atomic mass is 9.93. The second-order valence-electron chi connectivity index (χ2n) is 5.86. The largest absolute Gasteiger partial charge is 0.491 e. The molecular formula is C15H19BrN2O. The van der Waals surface area contributed by atoms with Gasteiger partial charge in [-0.05, 0) is 46.0 Å². The van der Waals surface area contributed by atoms with Gasteiger partial charge in [0.05, 0.1) is 6.61 Å². The first-order chi connectivity index (χ1) is 8.87. The summed E-state index contributed by atoms with van der Waals surface area (Å²) in [5.41, 5.74) is 7.77. The van der Waals surface area contributed by atoms with Crippen molar-refractivity contribution in [2.24, 2.45) is 5.41 Å². The molecule has 0 radical (unpaired) electrons. The predicted molar refractivity (Wildman–Crippen MR) is 83.4 cm³/mol. The molecule has 1 heterocycles. The normalized spacial score (nSPS) is 11.8. The number of benzene rings is 1. The molecule has 0 amide bonds. The van der Waals surface area contributed by atoms with Crippen molar-refractivity contribution < 1.29 is 4.74 Å². The van der Waals surface area contributed by atoms with Gasteiger partial charge in [0.1, 0.15) is 11.3 Å². The zero-order valence-electron chi connectivity index (χ0n) is 11.5. The minimum atomic E-state index is 0.264. The summed E-state index contributed by atoms with van der Waals surface area (Å²) in [7, 11) is 0. The summed E-state index contributed by atoms with van der Waals surface area (Å²) >= 11 is 3.41. The van der Waals surface area contributed by atoms with Crippen LogP contribution in [0.1, 0.15) is 27.2 Å². The molecule has 19 heavy (non-hydrogen) atoms. The van der Waals surface area contributed by atoms with E-state index in [0.717, 1.165) is 27.5 Å². The van der Waals surface area contributed by atoms with Crippen LogP contribution < -0.4 is 10.5 Å². The van der Waals surface area contributed by atoms with Gasteiger partial charge in [0, 0.05) is 21.7 Å². The second kappa shape index (κ2) is 5.37. The molecule has 2 N–H and O–H groups in total. The number of aromatic nitrogens is 1. The van der Waals surface area contributed by atoms with Gasteiger partial charge in [0.25, 0.3) is 0 Å². The number of ether oxygens (including phenoxy) is 1. The number of pyridine rings is 1. The minimum absolute atomic E-state index is 0.264. The third-order valence-electron chi connectivity index (χ3n) is 2.92. The van der Waals surface area contributed by atoms with Gasteiger partial charge in [-0.25, -0.2) is 0 Å². The maximum Gasteiger partial charge on any atom is 0.145 e. The molecule has 102 valence electrons. The van der Waals surface area contributed by atoms with Crippen LogP contribution in [0.5, 0.6) is 5.75 Å². The number of anilines is 1. The summed E-state index contributed by atoms with van der Waals surface area (Å²) < 4.78 is 6.77. The van der Waals surface area contributed by atoms with E-state index in [1.165, 1.54) is 0 Å². The Morgan fingerprint density at radius 2 is 2.05 bits per heavy atom. The molecule has 1 aromatic heterocycles. The van der Waals surface area contributed by atoms with Gasteiger partial charge in [0.2, 0.25) is 0 Å². The standard InChI is InChI=1S/C15H19BrN2O/c1-15(2,3)6-7-19-13-5-4-12(17)11-8-10(16)9-18-14(11)13/h4-5,8-9H,6-7,17H2,1-3H3. The first kappa shape index (κ1) is 14.1. The molecule has 0 atom stereocenters. The van der Waals surface area contributed by atoms with Gasteiger partial charge < -0.3 is 10.5 Å². The molecule has 2 aromatic rings. The predicted octanol–water partition coefficient (Wildman–Crippen LogP) is 4.39. The molecule has 0 aliphatic carbocycles. The summed E-state index contributed by atoms with van der Waals surface area (Å²) in [6.45, 7) is 7.28. The molecule has 0 aliphatic rings. The van der Waals surface area contributed by atoms with Crippen LogP contribution in [-0.4, -0.2) is 11.6 Å². The maximum atomic E-state index is 5.98. The van der Waals surface area contributed by atoms with Crippen molar-refractivity contribution in [1.82, 2.24) is 4.98 Å². The van der Waals surface area contributed by atoms with Crippen LogP contribution in [0, 0.1) is 5.41 Å². The van der Waals surface area contributed by atoms with E-state index in [-0.39, 0.29) is 5.41 Å². The van der Waals surface area contributed by atoms with Crippen LogP contribution >= 0.6 is 15.9 Å². The molecule has 0 fully saturated rings. The third kappa shape index (κ3) is 3.60. The lowest BCUT2D eigenvalue weighted by Crippen LogP contribution is -2.11. The number of hydrogen-bond donors (Lipinski definition) is 1. The van der Waals surface area contributed by atoms with E-state index >= 15 is 0 Å². The molecule has 2 rings (SSSR count). The number of rotatable bonds is 3. The quantitative estimate of drug-likeness (QED) is 0.852. The molecule has 0 unspecified atom stereocenters. The average Bonchev–Trinajstić information content (AvgIpc) is 2.31. The van der Waals surface area contributed by atoms with E-state index in [4.69, 9.17) is 10.5 Å². The third-order valence-corrected chi connectivity index (χ3v) is 3.36. The van der Waals surface area contributed by atoms with Crippen molar-refractivity contribution in [2.75, 3.05) is 12.3 Å². The van der Waals surface area contributed by atoms with Crippen LogP contribution in [0.4, 0.5) is 5.69 Å². The lowest BCUT2D eigenvalue weighted by Gasteiger charge is -2.18. The molecular weight excluding hydrogens is 304 g/mol. The highest BCUT2D eigenvalue weighted by atomic mass is 79.9. The first-order valence-electron chi connectivity index (χ1n) is 6.33. The fourth-order valence-electron chi connectivity index (χ4n) is 1.77. The smallest absolute Gasteiger partial charge is 0.145 e. The summed E-state index contributed by atoms with van der Waals surface area (Å²) in [5.74, 6) is 0.793. The highest BCUT2D eigenvalue weighted by molar-refractivity contribution is 9.10. The number of nitrogen functional groups attached to an aromatic ring is 1. The Morgan fingerprint density at radius 1 is 1.32 bits per heavy atom. The Labute approximate surface area is 122 Å². The summed E-state index contributed by atoms with van der Waals surface area (Å²) in [6.07, 6.45) is 2.76. The van der Waals surface area contributed by atoms with Crippen molar-refractivity contribution in [3.8, 4) is 5.75 Å². The van der Waals surface area contributed by atoms with Crippen LogP contribution in [-0.2, 0) is 0 Å². The highest BCUT2D eigenvalue weighted by Gasteiger charge is 2.12. The van der Waals surface area contributed by atoms with Crippen LogP contribution in [0.2, 0.25) is 0 Å². The number of fused-ring (bicyclic) bond motifs is 1. The van der Waals surface area contributed by atoms with E-state index < -0.39 is 0 Å². The number of hydrogen-bond acceptors (Lipinski definition) is 3. The second-order valence-corrected chi connectivity index (χ2v) is 6.78. The molecule has 0 saturated carbocycles. The van der Waals surface area contributed by atoms with Gasteiger partial charge in [-0.2, -0.15) is 0 Å². The fourth-order valence-corrected chi connectivity index (χ4v) is 2.10. The molecule has 3 nitrogen and oxygen atoms in total. The van der Waals surface area contributed by atoms with Crippen LogP contribution in [0.25, 0.3) is 10.9 Å². The number of nitrogens with two attached hydrogens (primary N) is 1. The molecule has 0 aliphatic heterocycles. The van der Waals surface area contributed by atoms with Gasteiger partial charge in [-0.3, -0.25) is 4.98 Å². The Morgan fingerprint density at radius 3 is 2.74 bits per heavy atom. The van der Waals surface area contributed by atoms with E-state index in [1.807, 2.05) is 18.2 Å². The number of halogens is 1. The summed E-state index contributed by atoms with van der Waals surface area (Å²) in [5, 5.41) is 0.919. The zero-order chi connectivity index (χ0) is 14.0. The van der Waals surface area contributed by atoms with E-state index in [1.54, 1.807) is 6.20 Å². The maximum absolute atomic E-state index is 5.98. The Hall–Kier alpha value is -1.29. The molecule has 1 aromatic carbocycles. The van der Waals surface area contributed by atoms with Crippen molar-refractivity contribution in [3.63, 3.8) is 0 Å². The molecule has 0 spiro atoms. The van der Waals surface area contributed by atoms with Gasteiger partial charge in [-0.1, -0.05) is 20.8 Å². The van der Waals surface area contributed by atoms with Gasteiger partial charge >= 0.3 is 0 Å². The average molecular weight is 323 g/mol. The van der Waals surface area contributed by atoms with E-state index in [2.05, 4.69) is 41.7 Å². The van der Waals surface area contributed by atoms with Crippen LogP contribution in [0.3, 0.4) is 0 Å². The van der Waals surface area contributed by atoms with Crippen molar-refractivity contribution in [2.45, 2.75) is 27.2 Å². The highest BCUT2D eigenvalue weighted by Crippen LogP contribution is 2.31. The number of nitrogens with zero attached hydrogens (tertiary/aromatic N) is 1. The Balaban J connectivity index is 2.27. The lowest BCUT2D eigenvalue weighted by molar-refractivity contribution is 0.245. The monoisotopic (exact) mass is 322 g/mol. The summed E-state index contributed by atoms with van der Waals surface area (Å²) in [6, 6.07) is 5.72. The van der Waals surface area contributed by atoms with Crippen LogP contribution in [0.15, 0.2) is 28.9 Å². The molecule has 4 heteroatoms. The van der Waals surface area contributed by atoms with Crippen molar-refractivity contribution in [3.05, 3.63) is 28.9 Å². The van der Waals surface area contributed by atoms with Crippen molar-refractivity contribution >= 4 is 32.5 Å². The Kier molecular flexibility index (Phi) is 3.99. The topological polar surface area (TPSA) is 48.1 Å². The first-order valence-corrected chi connectivity index (χ1v) is 7.13. The molecule has 0 bridgehead atoms. The fraction of sp³-hybridized carbons (Fsp3) is 0.400. The zero-order valence-corrected chi connectivity index (χ0v) is 13.1. The van der Waals surface area contributed by atoms with E-state index in [9.17, 15) is 0 Å². The molecule has 0 saturated heterocycles. The SMILES string of the molecule is CC(C)(C)CCOc1ccc(N)c2cc(Br)cnc12. The van der Waals surface area contributed by atoms with E-state index in [0.29, 0.717) is 12.3 Å². The Bertz CT molecular complexity index is 590.